The molecule has 1 aliphatic heterocycles. The molecule has 0 unspecified atom stereocenters. The van der Waals surface area contributed by atoms with Gasteiger partial charge in [0.05, 0.1) is 37.7 Å². The third kappa shape index (κ3) is 8.45. The van der Waals surface area contributed by atoms with Crippen LogP contribution < -0.4 is 29.6 Å². The summed E-state index contributed by atoms with van der Waals surface area (Å²) in [6.45, 7) is 5.98. The van der Waals surface area contributed by atoms with Crippen LogP contribution in [0.15, 0.2) is 73.1 Å². The third-order valence-corrected chi connectivity index (χ3v) is 8.01. The topological polar surface area (TPSA) is 121 Å². The number of methoxy groups -OCH3 is 2. The fourth-order valence-electron chi connectivity index (χ4n) is 5.45. The van der Waals surface area contributed by atoms with Gasteiger partial charge in [-0.2, -0.15) is 5.10 Å². The Morgan fingerprint density at radius 2 is 1.68 bits per heavy atom. The summed E-state index contributed by atoms with van der Waals surface area (Å²) >= 11 is 0. The smallest absolute Gasteiger partial charge is 0.280 e. The molecule has 1 amide bonds. The standard InChI is InChI=1S/C36H38F2N6O6/c1-46-18-19-49-34-23-44(26-7-4-24(37)5-8-26)42-35(34)36(45)41-25-6-9-31(28(38)20-25)50-30-10-11-40-29-22-33(32(47-2)21-27(29)30)48-17-3-14-43-15-12-39-13-16-43/h4-11,20-23,39H,3,12-19H2,1-2H3,(H,41,45). The van der Waals surface area contributed by atoms with Crippen molar-refractivity contribution in [3.63, 3.8) is 0 Å². The number of pyridine rings is 1. The van der Waals surface area contributed by atoms with Gasteiger partial charge in [0.15, 0.2) is 34.5 Å². The molecule has 1 aliphatic rings. The number of anilines is 1. The van der Waals surface area contributed by atoms with Crippen LogP contribution in [0.1, 0.15) is 16.9 Å². The normalized spacial score (nSPS) is 13.3. The van der Waals surface area contributed by atoms with Crippen LogP contribution in [-0.4, -0.2) is 92.3 Å². The number of aromatic nitrogens is 3. The number of piperazine rings is 1. The molecule has 3 heterocycles. The van der Waals surface area contributed by atoms with Crippen molar-refractivity contribution in [2.45, 2.75) is 6.42 Å². The molecule has 6 rings (SSSR count). The molecule has 1 saturated heterocycles. The number of halogens is 2. The molecule has 14 heteroatoms. The molecule has 0 aliphatic carbocycles. The lowest BCUT2D eigenvalue weighted by molar-refractivity contribution is 0.101. The second-order valence-electron chi connectivity index (χ2n) is 11.4. The van der Waals surface area contributed by atoms with Crippen molar-refractivity contribution in [2.24, 2.45) is 0 Å². The summed E-state index contributed by atoms with van der Waals surface area (Å²) in [5.74, 6) is -0.223. The first-order valence-electron chi connectivity index (χ1n) is 16.2. The SMILES string of the molecule is COCCOc1cn(-c2ccc(F)cc2)nc1C(=O)Nc1ccc(Oc2ccnc3cc(OCCCN4CCNCC4)c(OC)cc23)c(F)c1. The predicted octanol–water partition coefficient (Wildman–Crippen LogP) is 5.45. The predicted molar refractivity (Wildman–Crippen MR) is 183 cm³/mol. The molecule has 0 atom stereocenters. The highest BCUT2D eigenvalue weighted by Gasteiger charge is 2.21. The van der Waals surface area contributed by atoms with Crippen molar-refractivity contribution in [2.75, 3.05) is 72.1 Å². The maximum atomic E-state index is 15.4. The van der Waals surface area contributed by atoms with E-state index in [-0.39, 0.29) is 36.1 Å². The number of hydrogen-bond donors (Lipinski definition) is 2. The maximum absolute atomic E-state index is 15.4. The first kappa shape index (κ1) is 34.5. The van der Waals surface area contributed by atoms with E-state index in [4.69, 9.17) is 23.7 Å². The molecule has 2 aromatic heterocycles. The molecule has 5 aromatic rings. The fourth-order valence-corrected chi connectivity index (χ4v) is 5.45. The summed E-state index contributed by atoms with van der Waals surface area (Å²) < 4.78 is 58.7. The highest BCUT2D eigenvalue weighted by molar-refractivity contribution is 6.04. The number of ether oxygens (including phenoxy) is 5. The van der Waals surface area contributed by atoms with Crippen molar-refractivity contribution in [3.8, 4) is 34.4 Å². The van der Waals surface area contributed by atoms with Crippen molar-refractivity contribution >= 4 is 22.5 Å². The zero-order chi connectivity index (χ0) is 34.9. The molecular weight excluding hydrogens is 650 g/mol. The molecule has 50 heavy (non-hydrogen) atoms. The van der Waals surface area contributed by atoms with E-state index in [1.54, 1.807) is 31.5 Å². The van der Waals surface area contributed by atoms with E-state index in [0.29, 0.717) is 40.4 Å². The number of hydrogen-bond acceptors (Lipinski definition) is 10. The zero-order valence-corrected chi connectivity index (χ0v) is 27.8. The molecule has 3 aromatic carbocycles. The summed E-state index contributed by atoms with van der Waals surface area (Å²) in [6, 6.07) is 14.8. The summed E-state index contributed by atoms with van der Waals surface area (Å²) in [6.07, 6.45) is 3.95. The van der Waals surface area contributed by atoms with Gasteiger partial charge in [-0.1, -0.05) is 0 Å². The van der Waals surface area contributed by atoms with E-state index >= 15 is 4.39 Å². The number of rotatable bonds is 15. The molecule has 262 valence electrons. The van der Waals surface area contributed by atoms with Gasteiger partial charge in [0.1, 0.15) is 18.2 Å². The van der Waals surface area contributed by atoms with Gasteiger partial charge in [-0.05, 0) is 55.0 Å². The van der Waals surface area contributed by atoms with Gasteiger partial charge in [-0.15, -0.1) is 0 Å². The number of fused-ring (bicyclic) bond motifs is 1. The molecule has 12 nitrogen and oxygen atoms in total. The lowest BCUT2D eigenvalue weighted by Gasteiger charge is -2.27. The number of nitrogens with one attached hydrogen (secondary N) is 2. The lowest BCUT2D eigenvalue weighted by atomic mass is 10.1. The average Bonchev–Trinajstić information content (AvgIpc) is 3.56. The van der Waals surface area contributed by atoms with E-state index in [1.165, 1.54) is 54.4 Å². The van der Waals surface area contributed by atoms with Crippen LogP contribution in [0.4, 0.5) is 14.5 Å². The van der Waals surface area contributed by atoms with Crippen molar-refractivity contribution in [1.29, 1.82) is 0 Å². The first-order chi connectivity index (χ1) is 24.4. The summed E-state index contributed by atoms with van der Waals surface area (Å²) in [5, 5.41) is 11.0. The Hall–Kier alpha value is -5.31. The summed E-state index contributed by atoms with van der Waals surface area (Å²) in [4.78, 5) is 20.2. The van der Waals surface area contributed by atoms with Crippen molar-refractivity contribution in [3.05, 3.63) is 90.4 Å². The number of carbonyl (C=O) groups excluding carboxylic acids is 1. The quantitative estimate of drug-likeness (QED) is 0.137. The Morgan fingerprint density at radius 3 is 2.44 bits per heavy atom. The minimum Gasteiger partial charge on any atom is -0.493 e. The minimum absolute atomic E-state index is 0.0498. The monoisotopic (exact) mass is 688 g/mol. The van der Waals surface area contributed by atoms with Gasteiger partial charge in [-0.25, -0.2) is 13.5 Å². The molecule has 0 saturated carbocycles. The van der Waals surface area contributed by atoms with Crippen LogP contribution in [0.5, 0.6) is 28.7 Å². The van der Waals surface area contributed by atoms with E-state index in [2.05, 4.69) is 25.6 Å². The Kier molecular flexibility index (Phi) is 11.3. The van der Waals surface area contributed by atoms with E-state index in [0.717, 1.165) is 45.2 Å². The fraction of sp³-hybridized carbons (Fsp3) is 0.306. The second-order valence-corrected chi connectivity index (χ2v) is 11.4. The number of benzene rings is 3. The molecule has 0 bridgehead atoms. The molecular formula is C36H38F2N6O6. The Balaban J connectivity index is 1.14. The van der Waals surface area contributed by atoms with Gasteiger partial charge in [0.25, 0.3) is 5.91 Å². The van der Waals surface area contributed by atoms with E-state index in [9.17, 15) is 9.18 Å². The highest BCUT2D eigenvalue weighted by Crippen LogP contribution is 2.38. The Bertz CT molecular complexity index is 1920. The summed E-state index contributed by atoms with van der Waals surface area (Å²) in [7, 11) is 3.08. The van der Waals surface area contributed by atoms with Crippen LogP contribution in [0.25, 0.3) is 16.6 Å². The van der Waals surface area contributed by atoms with Crippen LogP contribution in [0.2, 0.25) is 0 Å². The van der Waals surface area contributed by atoms with Gasteiger partial charge < -0.3 is 39.2 Å². The van der Waals surface area contributed by atoms with E-state index < -0.39 is 17.5 Å². The molecule has 1 fully saturated rings. The number of carbonyl (C=O) groups is 1. The van der Waals surface area contributed by atoms with Gasteiger partial charge in [0.2, 0.25) is 0 Å². The van der Waals surface area contributed by atoms with Crippen LogP contribution in [-0.2, 0) is 4.74 Å². The Labute approximate surface area is 287 Å². The minimum atomic E-state index is -0.711. The number of nitrogens with zero attached hydrogens (tertiary/aromatic N) is 4. The highest BCUT2D eigenvalue weighted by atomic mass is 19.1. The van der Waals surface area contributed by atoms with Crippen LogP contribution in [0, 0.1) is 11.6 Å². The van der Waals surface area contributed by atoms with E-state index in [1.807, 2.05) is 0 Å². The second kappa shape index (κ2) is 16.4. The first-order valence-corrected chi connectivity index (χ1v) is 16.2. The van der Waals surface area contributed by atoms with Gasteiger partial charge in [-0.3, -0.25) is 9.78 Å². The number of amides is 1. The third-order valence-electron chi connectivity index (χ3n) is 8.01. The maximum Gasteiger partial charge on any atom is 0.280 e. The van der Waals surface area contributed by atoms with Gasteiger partial charge >= 0.3 is 0 Å². The lowest BCUT2D eigenvalue weighted by Crippen LogP contribution is -2.43. The van der Waals surface area contributed by atoms with Gasteiger partial charge in [0, 0.05) is 69.2 Å². The molecule has 2 N–H and O–H groups in total. The molecule has 0 spiro atoms. The van der Waals surface area contributed by atoms with Crippen molar-refractivity contribution < 1.29 is 37.3 Å². The largest absolute Gasteiger partial charge is 0.493 e. The van der Waals surface area contributed by atoms with Crippen molar-refractivity contribution in [1.82, 2.24) is 25.0 Å². The molecule has 0 radical (unpaired) electrons. The van der Waals surface area contributed by atoms with Crippen LogP contribution in [0.3, 0.4) is 0 Å². The summed E-state index contributed by atoms with van der Waals surface area (Å²) in [5.41, 5.74) is 1.22. The average molecular weight is 689 g/mol. The zero-order valence-electron chi connectivity index (χ0n) is 27.8. The van der Waals surface area contributed by atoms with Crippen LogP contribution >= 0.6 is 0 Å². The Morgan fingerprint density at radius 1 is 0.880 bits per heavy atom.